The third-order valence-electron chi connectivity index (χ3n) is 1.41. The van der Waals surface area contributed by atoms with E-state index < -0.39 is 0 Å². The van der Waals surface area contributed by atoms with E-state index in [1.54, 1.807) is 24.2 Å². The Morgan fingerprint density at radius 1 is 1.42 bits per heavy atom. The summed E-state index contributed by atoms with van der Waals surface area (Å²) in [7, 11) is 1.77. The Hall–Kier alpha value is -1.57. The number of nitrogens with zero attached hydrogens (tertiary/aromatic N) is 2. The van der Waals surface area contributed by atoms with Crippen molar-refractivity contribution in [1.29, 1.82) is 0 Å². The molecule has 0 heterocycles. The Kier molecular flexibility index (Phi) is 4.46. The van der Waals surface area contributed by atoms with Gasteiger partial charge in [0.15, 0.2) is 0 Å². The molecule has 64 valence electrons. The maximum atomic E-state index is 3.80. The molecule has 0 radical (unpaired) electrons. The number of hydrogen-bond acceptors (Lipinski definition) is 2. The first-order valence-electron chi connectivity index (χ1n) is 3.51. The van der Waals surface area contributed by atoms with Crippen LogP contribution in [0.5, 0.6) is 0 Å². The highest BCUT2D eigenvalue weighted by atomic mass is 15.4. The quantitative estimate of drug-likeness (QED) is 0.344. The van der Waals surface area contributed by atoms with Gasteiger partial charge in [0.25, 0.3) is 0 Å². The van der Waals surface area contributed by atoms with Gasteiger partial charge in [0.05, 0.1) is 5.70 Å². The maximum Gasteiger partial charge on any atom is 0.0584 e. The fourth-order valence-corrected chi connectivity index (χ4v) is 0.574. The zero-order chi connectivity index (χ0) is 9.56. The third kappa shape index (κ3) is 3.01. The summed E-state index contributed by atoms with van der Waals surface area (Å²) in [5.74, 6) is 0. The molecular formula is C10H14N2. The number of hydrazone groups is 1. The van der Waals surface area contributed by atoms with E-state index in [1.807, 2.05) is 6.08 Å². The number of likely N-dealkylation sites (N-methyl/N-ethyl adjacent to an activating group) is 1. The van der Waals surface area contributed by atoms with Gasteiger partial charge in [0.1, 0.15) is 0 Å². The molecule has 2 nitrogen and oxygen atoms in total. The van der Waals surface area contributed by atoms with E-state index in [0.717, 1.165) is 11.3 Å². The van der Waals surface area contributed by atoms with Crippen molar-refractivity contribution >= 4 is 6.72 Å². The van der Waals surface area contributed by atoms with Gasteiger partial charge in [-0.05, 0) is 5.57 Å². The van der Waals surface area contributed by atoms with Crippen LogP contribution in [0.15, 0.2) is 54.3 Å². The molecule has 0 aromatic heterocycles. The topological polar surface area (TPSA) is 15.6 Å². The lowest BCUT2D eigenvalue weighted by Gasteiger charge is -2.14. The Morgan fingerprint density at radius 2 is 2.00 bits per heavy atom. The van der Waals surface area contributed by atoms with Crippen LogP contribution in [0.1, 0.15) is 0 Å². The molecule has 0 aliphatic rings. The van der Waals surface area contributed by atoms with Crippen LogP contribution in [0.25, 0.3) is 0 Å². The molecule has 0 saturated heterocycles. The van der Waals surface area contributed by atoms with E-state index in [-0.39, 0.29) is 0 Å². The second-order valence-corrected chi connectivity index (χ2v) is 2.23. The third-order valence-corrected chi connectivity index (χ3v) is 1.41. The minimum Gasteiger partial charge on any atom is -0.269 e. The molecule has 12 heavy (non-hydrogen) atoms. The molecule has 0 aliphatic carbocycles. The summed E-state index contributed by atoms with van der Waals surface area (Å²) < 4.78 is 0. The molecule has 0 spiro atoms. The fourth-order valence-electron chi connectivity index (χ4n) is 0.574. The second-order valence-electron chi connectivity index (χ2n) is 2.23. The van der Waals surface area contributed by atoms with E-state index in [0.29, 0.717) is 0 Å². The highest BCUT2D eigenvalue weighted by molar-refractivity contribution is 5.36. The highest BCUT2D eigenvalue weighted by Crippen LogP contribution is 2.10. The van der Waals surface area contributed by atoms with Crippen molar-refractivity contribution in [2.45, 2.75) is 0 Å². The standard InChI is InChI=1S/C10H14N2/c1-6-7-8-9(2)10(3)12(5)11-4/h6-8H,1-4H2,5H3. The van der Waals surface area contributed by atoms with Gasteiger partial charge >= 0.3 is 0 Å². The van der Waals surface area contributed by atoms with Gasteiger partial charge in [-0.2, -0.15) is 5.10 Å². The smallest absolute Gasteiger partial charge is 0.0584 e. The van der Waals surface area contributed by atoms with Gasteiger partial charge in [0.2, 0.25) is 0 Å². The number of rotatable bonds is 5. The highest BCUT2D eigenvalue weighted by Gasteiger charge is 1.99. The molecular weight excluding hydrogens is 148 g/mol. The van der Waals surface area contributed by atoms with Crippen LogP contribution in [0.2, 0.25) is 0 Å². The Labute approximate surface area is 73.9 Å². The maximum absolute atomic E-state index is 3.80. The predicted molar refractivity (Wildman–Crippen MR) is 54.9 cm³/mol. The number of hydrogen-bond donors (Lipinski definition) is 0. The van der Waals surface area contributed by atoms with Crippen LogP contribution in [0, 0.1) is 0 Å². The zero-order valence-electron chi connectivity index (χ0n) is 7.45. The summed E-state index contributed by atoms with van der Waals surface area (Å²) >= 11 is 0. The molecule has 2 heteroatoms. The van der Waals surface area contributed by atoms with Gasteiger partial charge in [-0.15, -0.1) is 0 Å². The molecule has 0 fully saturated rings. The molecule has 0 bridgehead atoms. The Morgan fingerprint density at radius 3 is 2.42 bits per heavy atom. The Bertz CT molecular complexity index is 236. The summed E-state index contributed by atoms with van der Waals surface area (Å²) in [6.45, 7) is 14.5. The SMILES string of the molecule is C=CC=CC(=C)C(=C)N(C)N=C. The van der Waals surface area contributed by atoms with Crippen molar-refractivity contribution in [3.63, 3.8) is 0 Å². The van der Waals surface area contributed by atoms with E-state index in [2.05, 4.69) is 31.6 Å². The lowest BCUT2D eigenvalue weighted by molar-refractivity contribution is 0.463. The Balaban J connectivity index is 4.29. The first kappa shape index (κ1) is 10.4. The summed E-state index contributed by atoms with van der Waals surface area (Å²) in [4.78, 5) is 0. The average Bonchev–Trinajstić information content (AvgIpc) is 2.11. The van der Waals surface area contributed by atoms with Gasteiger partial charge in [-0.3, -0.25) is 5.01 Å². The first-order valence-corrected chi connectivity index (χ1v) is 3.51. The van der Waals surface area contributed by atoms with E-state index in [1.165, 1.54) is 0 Å². The van der Waals surface area contributed by atoms with Crippen LogP contribution in [0.3, 0.4) is 0 Å². The van der Waals surface area contributed by atoms with Gasteiger partial charge in [-0.25, -0.2) is 0 Å². The van der Waals surface area contributed by atoms with Crippen molar-refractivity contribution < 1.29 is 0 Å². The monoisotopic (exact) mass is 162 g/mol. The molecule has 0 amide bonds. The second kappa shape index (κ2) is 5.13. The fraction of sp³-hybridized carbons (Fsp3) is 0.100. The summed E-state index contributed by atoms with van der Waals surface area (Å²) in [6.07, 6.45) is 5.29. The molecule has 0 aromatic rings. The summed E-state index contributed by atoms with van der Waals surface area (Å²) in [6, 6.07) is 0. The molecule has 0 atom stereocenters. The van der Waals surface area contributed by atoms with Crippen LogP contribution in [0.4, 0.5) is 0 Å². The summed E-state index contributed by atoms with van der Waals surface area (Å²) in [5.41, 5.74) is 1.52. The lowest BCUT2D eigenvalue weighted by Crippen LogP contribution is -2.09. The molecule has 0 aromatic carbocycles. The van der Waals surface area contributed by atoms with Crippen LogP contribution in [-0.4, -0.2) is 18.8 Å². The van der Waals surface area contributed by atoms with Crippen LogP contribution >= 0.6 is 0 Å². The van der Waals surface area contributed by atoms with Crippen molar-refractivity contribution in [3.8, 4) is 0 Å². The van der Waals surface area contributed by atoms with E-state index >= 15 is 0 Å². The van der Waals surface area contributed by atoms with Crippen molar-refractivity contribution in [1.82, 2.24) is 5.01 Å². The average molecular weight is 162 g/mol. The van der Waals surface area contributed by atoms with E-state index in [4.69, 9.17) is 0 Å². The van der Waals surface area contributed by atoms with Crippen molar-refractivity contribution in [3.05, 3.63) is 49.2 Å². The van der Waals surface area contributed by atoms with Gasteiger partial charge in [-0.1, -0.05) is 38.0 Å². The first-order chi connectivity index (χ1) is 5.63. The lowest BCUT2D eigenvalue weighted by atomic mass is 10.2. The van der Waals surface area contributed by atoms with Crippen molar-refractivity contribution in [2.75, 3.05) is 7.05 Å². The normalized spacial score (nSPS) is 9.42. The molecule has 0 N–H and O–H groups in total. The number of allylic oxidation sites excluding steroid dienone is 3. The van der Waals surface area contributed by atoms with Gasteiger partial charge in [0, 0.05) is 13.8 Å². The minimum atomic E-state index is 0.725. The van der Waals surface area contributed by atoms with E-state index in [9.17, 15) is 0 Å². The molecule has 0 rings (SSSR count). The molecule has 0 aliphatic heterocycles. The zero-order valence-corrected chi connectivity index (χ0v) is 7.45. The minimum absolute atomic E-state index is 0.725. The predicted octanol–water partition coefficient (Wildman–Crippen LogP) is 2.35. The largest absolute Gasteiger partial charge is 0.269 e. The summed E-state index contributed by atoms with van der Waals surface area (Å²) in [5, 5.41) is 5.25. The molecule has 0 unspecified atom stereocenters. The van der Waals surface area contributed by atoms with Crippen molar-refractivity contribution in [2.24, 2.45) is 5.10 Å². The molecule has 0 saturated carbocycles. The van der Waals surface area contributed by atoms with Crippen LogP contribution < -0.4 is 0 Å². The van der Waals surface area contributed by atoms with Gasteiger partial charge < -0.3 is 0 Å². The van der Waals surface area contributed by atoms with Crippen LogP contribution in [-0.2, 0) is 0 Å².